The predicted octanol–water partition coefficient (Wildman–Crippen LogP) is 4.00. The normalized spacial score (nSPS) is 33.1. The predicted molar refractivity (Wildman–Crippen MR) is 57.4 cm³/mol. The van der Waals surface area contributed by atoms with Crippen molar-refractivity contribution in [2.24, 2.45) is 5.92 Å². The summed E-state index contributed by atoms with van der Waals surface area (Å²) in [5.41, 5.74) is 2.93. The fraction of sp³-hybridized carbons (Fsp3) is 0.417. The van der Waals surface area contributed by atoms with Crippen molar-refractivity contribution >= 4 is 11.6 Å². The van der Waals surface area contributed by atoms with Gasteiger partial charge in [0, 0.05) is 36.5 Å². The highest BCUT2D eigenvalue weighted by Gasteiger charge is 2.24. The molecule has 68 valence electrons. The molecule has 0 radical (unpaired) electrons. The van der Waals surface area contributed by atoms with E-state index in [-0.39, 0.29) is 0 Å². The highest BCUT2D eigenvalue weighted by atomic mass is 35.5. The van der Waals surface area contributed by atoms with Crippen LogP contribution in [0.1, 0.15) is 26.2 Å². The first-order chi connectivity index (χ1) is 6.27. The third kappa shape index (κ3) is 1.83. The van der Waals surface area contributed by atoms with E-state index in [2.05, 4.69) is 19.4 Å². The van der Waals surface area contributed by atoms with E-state index in [0.717, 1.165) is 11.0 Å². The second-order valence-corrected chi connectivity index (χ2v) is 4.27. The maximum atomic E-state index is 5.96. The van der Waals surface area contributed by atoms with E-state index in [1.165, 1.54) is 24.8 Å². The first-order valence-electron chi connectivity index (χ1n) is 4.89. The average Bonchev–Trinajstić information content (AvgIpc) is 2.51. The van der Waals surface area contributed by atoms with Gasteiger partial charge < -0.3 is 0 Å². The molecule has 0 spiro atoms. The summed E-state index contributed by atoms with van der Waals surface area (Å²) < 4.78 is 0. The number of hydrogen-bond donors (Lipinski definition) is 0. The van der Waals surface area contributed by atoms with Crippen LogP contribution in [0, 0.1) is 12.3 Å². The highest BCUT2D eigenvalue weighted by Crippen LogP contribution is 2.35. The Hall–Kier alpha value is -0.620. The van der Waals surface area contributed by atoms with E-state index in [1.807, 2.05) is 12.2 Å². The molecule has 0 aliphatic heterocycles. The van der Waals surface area contributed by atoms with Gasteiger partial charge in [-0.25, -0.2) is 0 Å². The molecular weight excluding hydrogens is 180 g/mol. The molecule has 13 heavy (non-hydrogen) atoms. The SMILES string of the molecule is CC1CCC/C1=C1\C=C(Cl)C=C[CH+]1. The zero-order chi connectivity index (χ0) is 9.26. The third-order valence-corrected chi connectivity index (χ3v) is 3.11. The van der Waals surface area contributed by atoms with Crippen LogP contribution in [0.15, 0.2) is 34.4 Å². The molecule has 0 nitrogen and oxygen atoms in total. The molecule has 0 bridgehead atoms. The lowest BCUT2D eigenvalue weighted by atomic mass is 9.95. The topological polar surface area (TPSA) is 0 Å². The molecule has 2 rings (SSSR count). The lowest BCUT2D eigenvalue weighted by molar-refractivity contribution is 0.693. The smallest absolute Gasteiger partial charge is 0.0604 e. The summed E-state index contributed by atoms with van der Waals surface area (Å²) in [6, 6.07) is 0. The second kappa shape index (κ2) is 3.63. The Morgan fingerprint density at radius 2 is 2.38 bits per heavy atom. The first kappa shape index (κ1) is 8.96. The van der Waals surface area contributed by atoms with Crippen LogP contribution in [0.25, 0.3) is 0 Å². The van der Waals surface area contributed by atoms with Crippen LogP contribution in [-0.2, 0) is 0 Å². The van der Waals surface area contributed by atoms with E-state index >= 15 is 0 Å². The Bertz CT molecular complexity index is 294. The lowest BCUT2D eigenvalue weighted by Crippen LogP contribution is -1.96. The van der Waals surface area contributed by atoms with Crippen LogP contribution < -0.4 is 0 Å². The van der Waals surface area contributed by atoms with Crippen molar-refractivity contribution in [3.05, 3.63) is 40.8 Å². The lowest BCUT2D eigenvalue weighted by Gasteiger charge is -2.05. The zero-order valence-electron chi connectivity index (χ0n) is 7.89. The van der Waals surface area contributed by atoms with Gasteiger partial charge in [-0.05, 0) is 19.8 Å². The fourth-order valence-electron chi connectivity index (χ4n) is 2.14. The van der Waals surface area contributed by atoms with Crippen LogP contribution in [0.5, 0.6) is 0 Å². The van der Waals surface area contributed by atoms with Crippen LogP contribution >= 0.6 is 11.6 Å². The minimum Gasteiger partial charge on any atom is -0.0604 e. The quantitative estimate of drug-likeness (QED) is 0.511. The van der Waals surface area contributed by atoms with Crippen LogP contribution in [-0.4, -0.2) is 0 Å². The summed E-state index contributed by atoms with van der Waals surface area (Å²) >= 11 is 5.96. The van der Waals surface area contributed by atoms with Crippen molar-refractivity contribution in [2.75, 3.05) is 0 Å². The minimum absolute atomic E-state index is 0.749. The van der Waals surface area contributed by atoms with Gasteiger partial charge in [0.1, 0.15) is 5.03 Å². The minimum atomic E-state index is 0.749. The van der Waals surface area contributed by atoms with Gasteiger partial charge in [-0.1, -0.05) is 11.6 Å². The Kier molecular flexibility index (Phi) is 2.50. The molecule has 0 aromatic heterocycles. The summed E-state index contributed by atoms with van der Waals surface area (Å²) in [6.45, 7) is 2.31. The van der Waals surface area contributed by atoms with Gasteiger partial charge >= 0.3 is 0 Å². The van der Waals surface area contributed by atoms with Gasteiger partial charge in [0.25, 0.3) is 0 Å². The molecule has 0 aromatic carbocycles. The van der Waals surface area contributed by atoms with E-state index in [4.69, 9.17) is 11.6 Å². The largest absolute Gasteiger partial charge is 0.124 e. The Morgan fingerprint density at radius 3 is 3.00 bits per heavy atom. The standard InChI is InChI=1S/C12H14Cl/c1-9-4-2-7-12(9)10-5-3-6-11(13)8-10/h3,5-6,8-9H,2,4,7H2,1H3/q+1/b12-10+. The fourth-order valence-corrected chi connectivity index (χ4v) is 2.33. The molecular formula is C12H14Cl+. The summed E-state index contributed by atoms with van der Waals surface area (Å²) in [6.07, 6.45) is 12.1. The van der Waals surface area contributed by atoms with Crippen LogP contribution in [0.2, 0.25) is 0 Å². The van der Waals surface area contributed by atoms with E-state index < -0.39 is 0 Å². The number of rotatable bonds is 0. The van der Waals surface area contributed by atoms with Crippen molar-refractivity contribution in [3.8, 4) is 0 Å². The Labute approximate surface area is 85.0 Å². The molecule has 2 aliphatic carbocycles. The van der Waals surface area contributed by atoms with Crippen molar-refractivity contribution in [2.45, 2.75) is 26.2 Å². The zero-order valence-corrected chi connectivity index (χ0v) is 8.64. The van der Waals surface area contributed by atoms with Crippen LogP contribution in [0.3, 0.4) is 0 Å². The van der Waals surface area contributed by atoms with Gasteiger partial charge in [-0.3, -0.25) is 0 Å². The molecule has 0 N–H and O–H groups in total. The second-order valence-electron chi connectivity index (χ2n) is 3.83. The molecule has 1 heteroatoms. The van der Waals surface area contributed by atoms with Gasteiger partial charge in [0.2, 0.25) is 0 Å². The van der Waals surface area contributed by atoms with Crippen molar-refractivity contribution in [1.29, 1.82) is 0 Å². The van der Waals surface area contributed by atoms with E-state index in [9.17, 15) is 0 Å². The average molecular weight is 194 g/mol. The van der Waals surface area contributed by atoms with Gasteiger partial charge in [-0.2, -0.15) is 0 Å². The maximum Gasteiger partial charge on any atom is 0.124 e. The number of halogens is 1. The van der Waals surface area contributed by atoms with Crippen LogP contribution in [0.4, 0.5) is 0 Å². The highest BCUT2D eigenvalue weighted by molar-refractivity contribution is 6.31. The maximum absolute atomic E-state index is 5.96. The monoisotopic (exact) mass is 193 g/mol. The Morgan fingerprint density at radius 1 is 1.54 bits per heavy atom. The number of hydrogen-bond acceptors (Lipinski definition) is 0. The molecule has 1 saturated carbocycles. The van der Waals surface area contributed by atoms with Gasteiger partial charge in [0.05, 0.1) is 11.6 Å². The summed E-state index contributed by atoms with van der Waals surface area (Å²) in [5.74, 6) is 0.749. The summed E-state index contributed by atoms with van der Waals surface area (Å²) in [7, 11) is 0. The molecule has 0 aromatic rings. The third-order valence-electron chi connectivity index (χ3n) is 2.87. The van der Waals surface area contributed by atoms with E-state index in [0.29, 0.717) is 0 Å². The number of allylic oxidation sites excluding steroid dienone is 6. The molecule has 2 aliphatic rings. The molecule has 1 fully saturated rings. The first-order valence-corrected chi connectivity index (χ1v) is 5.27. The summed E-state index contributed by atoms with van der Waals surface area (Å²) in [5, 5.41) is 0.851. The van der Waals surface area contributed by atoms with E-state index in [1.54, 1.807) is 5.57 Å². The van der Waals surface area contributed by atoms with Crippen molar-refractivity contribution in [1.82, 2.24) is 0 Å². The molecule has 0 amide bonds. The Balaban J connectivity index is 2.28. The molecule has 0 saturated heterocycles. The molecule has 0 heterocycles. The summed E-state index contributed by atoms with van der Waals surface area (Å²) in [4.78, 5) is 0. The van der Waals surface area contributed by atoms with Gasteiger partial charge in [-0.15, -0.1) is 0 Å². The van der Waals surface area contributed by atoms with Crippen molar-refractivity contribution < 1.29 is 0 Å². The van der Waals surface area contributed by atoms with Gasteiger partial charge in [0.15, 0.2) is 0 Å². The molecule has 1 unspecified atom stereocenters. The van der Waals surface area contributed by atoms with Crippen molar-refractivity contribution in [3.63, 3.8) is 0 Å². The molecule has 1 atom stereocenters.